The number of aldehydes is 1. The monoisotopic (exact) mass is 318 g/mol. The maximum Gasteiger partial charge on any atom is 0.155 e. The van der Waals surface area contributed by atoms with Gasteiger partial charge in [-0.05, 0) is 38.2 Å². The van der Waals surface area contributed by atoms with Gasteiger partial charge in [0.25, 0.3) is 0 Å². The number of epoxide rings is 1. The first-order chi connectivity index (χ1) is 11.3. The smallest absolute Gasteiger partial charge is 0.155 e. The second-order valence-corrected chi connectivity index (χ2v) is 5.81. The molecule has 3 heteroatoms. The molecular weight excluding hydrogens is 288 g/mol. The van der Waals surface area contributed by atoms with Crippen LogP contribution < -0.4 is 0 Å². The Morgan fingerprint density at radius 1 is 1.13 bits per heavy atom. The van der Waals surface area contributed by atoms with Gasteiger partial charge in [-0.3, -0.25) is 0 Å². The Labute approximate surface area is 140 Å². The van der Waals surface area contributed by atoms with Gasteiger partial charge in [0.05, 0.1) is 6.10 Å². The van der Waals surface area contributed by atoms with Crippen molar-refractivity contribution in [3.8, 4) is 0 Å². The SMILES string of the molecule is CCCCCC1O\C1=C/C=C\C=C/C(O)C/C=C\CCCC=O. The molecule has 0 bridgehead atoms. The molecule has 3 nitrogen and oxygen atoms in total. The largest absolute Gasteiger partial charge is 0.483 e. The Bertz CT molecular complexity index is 432. The highest BCUT2D eigenvalue weighted by atomic mass is 16.6. The second kappa shape index (κ2) is 12.9. The lowest BCUT2D eigenvalue weighted by Gasteiger charge is -1.98. The molecule has 128 valence electrons. The minimum Gasteiger partial charge on any atom is -0.483 e. The Morgan fingerprint density at radius 3 is 2.78 bits per heavy atom. The summed E-state index contributed by atoms with van der Waals surface area (Å²) in [4.78, 5) is 10.1. The van der Waals surface area contributed by atoms with Crippen LogP contribution in [0.4, 0.5) is 0 Å². The molecule has 1 fully saturated rings. The Morgan fingerprint density at radius 2 is 2.00 bits per heavy atom. The van der Waals surface area contributed by atoms with E-state index in [4.69, 9.17) is 4.74 Å². The zero-order chi connectivity index (χ0) is 16.8. The zero-order valence-electron chi connectivity index (χ0n) is 14.2. The minimum atomic E-state index is -0.464. The van der Waals surface area contributed by atoms with Crippen LogP contribution in [0.3, 0.4) is 0 Å². The number of aliphatic hydroxyl groups is 1. The van der Waals surface area contributed by atoms with Crippen LogP contribution in [0.25, 0.3) is 0 Å². The standard InChI is InChI=1S/C20H30O3/c1-2-3-8-15-19-20(23-19)16-11-7-10-14-18(22)13-9-5-4-6-12-17-21/h5,7,9-11,14,16-19,22H,2-4,6,8,12-13,15H2,1H3/b9-5-,11-7-,14-10-,20-16-. The van der Waals surface area contributed by atoms with Gasteiger partial charge in [0, 0.05) is 6.42 Å². The lowest BCUT2D eigenvalue weighted by atomic mass is 10.1. The number of allylic oxidation sites excluding steroid dienone is 5. The molecule has 0 saturated carbocycles. The van der Waals surface area contributed by atoms with Crippen molar-refractivity contribution in [3.05, 3.63) is 48.3 Å². The zero-order valence-corrected chi connectivity index (χ0v) is 14.2. The average molecular weight is 318 g/mol. The first-order valence-electron chi connectivity index (χ1n) is 8.76. The van der Waals surface area contributed by atoms with Gasteiger partial charge in [-0.15, -0.1) is 0 Å². The van der Waals surface area contributed by atoms with E-state index < -0.39 is 6.10 Å². The number of ether oxygens (including phenoxy) is 1. The number of unbranched alkanes of at least 4 members (excludes halogenated alkanes) is 4. The Kier molecular flexibility index (Phi) is 10.9. The van der Waals surface area contributed by atoms with Crippen molar-refractivity contribution in [2.24, 2.45) is 0 Å². The topological polar surface area (TPSA) is 49.8 Å². The van der Waals surface area contributed by atoms with E-state index in [2.05, 4.69) is 6.92 Å². The van der Waals surface area contributed by atoms with E-state index >= 15 is 0 Å². The molecule has 1 aliphatic rings. The predicted molar refractivity (Wildman–Crippen MR) is 95.1 cm³/mol. The van der Waals surface area contributed by atoms with E-state index in [1.165, 1.54) is 19.3 Å². The minimum absolute atomic E-state index is 0.338. The summed E-state index contributed by atoms with van der Waals surface area (Å²) in [7, 11) is 0. The predicted octanol–water partition coefficient (Wildman–Crippen LogP) is 4.64. The van der Waals surface area contributed by atoms with E-state index in [0.29, 0.717) is 18.9 Å². The van der Waals surface area contributed by atoms with E-state index in [0.717, 1.165) is 31.3 Å². The van der Waals surface area contributed by atoms with Gasteiger partial charge < -0.3 is 14.6 Å². The number of aliphatic hydroxyl groups excluding tert-OH is 1. The highest BCUT2D eigenvalue weighted by Crippen LogP contribution is 2.31. The van der Waals surface area contributed by atoms with Gasteiger partial charge in [-0.2, -0.15) is 0 Å². The Balaban J connectivity index is 2.09. The molecule has 0 amide bonds. The molecule has 0 aromatic carbocycles. The van der Waals surface area contributed by atoms with Gasteiger partial charge in [0.2, 0.25) is 0 Å². The van der Waals surface area contributed by atoms with Crippen LogP contribution in [0.5, 0.6) is 0 Å². The molecule has 2 atom stereocenters. The van der Waals surface area contributed by atoms with Crippen molar-refractivity contribution in [2.75, 3.05) is 0 Å². The van der Waals surface area contributed by atoms with E-state index in [1.807, 2.05) is 36.5 Å². The first-order valence-corrected chi connectivity index (χ1v) is 8.76. The highest BCUT2D eigenvalue weighted by Gasteiger charge is 2.30. The van der Waals surface area contributed by atoms with Crippen LogP contribution in [-0.2, 0) is 9.53 Å². The number of carbonyl (C=O) groups is 1. The summed E-state index contributed by atoms with van der Waals surface area (Å²) in [6, 6.07) is 0. The molecule has 1 rings (SSSR count). The molecule has 2 unspecified atom stereocenters. The van der Waals surface area contributed by atoms with Gasteiger partial charge in [-0.1, -0.05) is 56.2 Å². The maximum atomic E-state index is 10.1. The van der Waals surface area contributed by atoms with Gasteiger partial charge in [0.1, 0.15) is 12.0 Å². The third-order valence-electron chi connectivity index (χ3n) is 3.66. The van der Waals surface area contributed by atoms with Crippen LogP contribution in [0.1, 0.15) is 58.3 Å². The molecule has 23 heavy (non-hydrogen) atoms. The summed E-state index contributed by atoms with van der Waals surface area (Å²) in [5, 5.41) is 9.77. The fraction of sp³-hybridized carbons (Fsp3) is 0.550. The maximum absolute atomic E-state index is 10.1. The van der Waals surface area contributed by atoms with E-state index in [1.54, 1.807) is 6.08 Å². The van der Waals surface area contributed by atoms with Crippen LogP contribution in [0.2, 0.25) is 0 Å². The quantitative estimate of drug-likeness (QED) is 0.177. The Hall–Kier alpha value is -1.61. The van der Waals surface area contributed by atoms with E-state index in [-0.39, 0.29) is 0 Å². The van der Waals surface area contributed by atoms with Crippen LogP contribution in [-0.4, -0.2) is 23.6 Å². The normalized spacial score (nSPS) is 20.6. The molecule has 1 heterocycles. The lowest BCUT2D eigenvalue weighted by molar-refractivity contribution is -0.107. The molecule has 0 radical (unpaired) electrons. The molecule has 0 spiro atoms. The van der Waals surface area contributed by atoms with Crippen molar-refractivity contribution in [3.63, 3.8) is 0 Å². The molecule has 0 aromatic heterocycles. The summed E-state index contributed by atoms with van der Waals surface area (Å²) in [6.45, 7) is 2.21. The molecule has 1 N–H and O–H groups in total. The third-order valence-corrected chi connectivity index (χ3v) is 3.66. The van der Waals surface area contributed by atoms with Gasteiger partial charge in [-0.25, -0.2) is 0 Å². The first kappa shape index (κ1) is 19.4. The summed E-state index contributed by atoms with van der Waals surface area (Å²) < 4.78 is 5.49. The second-order valence-electron chi connectivity index (χ2n) is 5.81. The number of carbonyl (C=O) groups excluding carboxylic acids is 1. The fourth-order valence-corrected chi connectivity index (χ4v) is 2.22. The molecule has 1 aliphatic heterocycles. The van der Waals surface area contributed by atoms with Gasteiger partial charge >= 0.3 is 0 Å². The van der Waals surface area contributed by atoms with Crippen molar-refractivity contribution in [1.82, 2.24) is 0 Å². The third kappa shape index (κ3) is 10.7. The molecule has 1 saturated heterocycles. The number of hydrogen-bond acceptors (Lipinski definition) is 3. The highest BCUT2D eigenvalue weighted by molar-refractivity contribution is 5.49. The van der Waals surface area contributed by atoms with Crippen molar-refractivity contribution >= 4 is 6.29 Å². The van der Waals surface area contributed by atoms with Gasteiger partial charge in [0.15, 0.2) is 6.10 Å². The van der Waals surface area contributed by atoms with E-state index in [9.17, 15) is 9.90 Å². The molecule has 0 aromatic rings. The summed E-state index contributed by atoms with van der Waals surface area (Å²) in [6.07, 6.45) is 22.1. The lowest BCUT2D eigenvalue weighted by Crippen LogP contribution is -1.98. The average Bonchev–Trinajstić information content (AvgIpc) is 3.29. The number of rotatable bonds is 13. The molecular formula is C20H30O3. The fourth-order valence-electron chi connectivity index (χ4n) is 2.22. The summed E-state index contributed by atoms with van der Waals surface area (Å²) in [5.74, 6) is 1.07. The van der Waals surface area contributed by atoms with Crippen LogP contribution in [0, 0.1) is 0 Å². The number of hydrogen-bond donors (Lipinski definition) is 1. The summed E-state index contributed by atoms with van der Waals surface area (Å²) in [5.41, 5.74) is 0. The molecule has 0 aliphatic carbocycles. The van der Waals surface area contributed by atoms with Crippen LogP contribution >= 0.6 is 0 Å². The van der Waals surface area contributed by atoms with Crippen molar-refractivity contribution in [1.29, 1.82) is 0 Å². The van der Waals surface area contributed by atoms with Crippen molar-refractivity contribution < 1.29 is 14.6 Å². The summed E-state index contributed by atoms with van der Waals surface area (Å²) >= 11 is 0. The van der Waals surface area contributed by atoms with Crippen molar-refractivity contribution in [2.45, 2.75) is 70.5 Å². The van der Waals surface area contributed by atoms with Crippen LogP contribution in [0.15, 0.2) is 48.3 Å².